The lowest BCUT2D eigenvalue weighted by atomic mass is 10.0. The van der Waals surface area contributed by atoms with Crippen LogP contribution in [0.5, 0.6) is 0 Å². The quantitative estimate of drug-likeness (QED) is 0.719. The molecule has 0 radical (unpaired) electrons. The van der Waals surface area contributed by atoms with Gasteiger partial charge < -0.3 is 5.32 Å². The molecule has 6 heteroatoms. The number of hydrogen-bond donors (Lipinski definition) is 2. The number of nitrogens with one attached hydrogen (secondary N) is 2. The third kappa shape index (κ3) is 7.37. The lowest BCUT2D eigenvalue weighted by molar-refractivity contribution is -0.116. The van der Waals surface area contributed by atoms with E-state index < -0.39 is 10.0 Å². The van der Waals surface area contributed by atoms with Crippen LogP contribution in [0.25, 0.3) is 6.08 Å². The van der Waals surface area contributed by atoms with Crippen LogP contribution in [0.4, 0.5) is 5.69 Å². The fourth-order valence-electron chi connectivity index (χ4n) is 2.40. The topological polar surface area (TPSA) is 75.3 Å². The second-order valence-electron chi connectivity index (χ2n) is 6.73. The third-order valence-corrected chi connectivity index (χ3v) is 5.11. The van der Waals surface area contributed by atoms with Gasteiger partial charge in [0.05, 0.1) is 0 Å². The van der Waals surface area contributed by atoms with Gasteiger partial charge in [-0.2, -0.15) is 0 Å². The Balaban J connectivity index is 1.83. The highest BCUT2D eigenvalue weighted by atomic mass is 32.2. The van der Waals surface area contributed by atoms with Gasteiger partial charge in [-0.1, -0.05) is 55.8 Å². The second-order valence-corrected chi connectivity index (χ2v) is 8.38. The summed E-state index contributed by atoms with van der Waals surface area (Å²) in [5, 5.41) is 3.91. The van der Waals surface area contributed by atoms with Gasteiger partial charge >= 0.3 is 0 Å². The Kier molecular flexibility index (Phi) is 7.33. The van der Waals surface area contributed by atoms with Gasteiger partial charge in [-0.15, -0.1) is 0 Å². The molecular weight excluding hydrogens is 360 g/mol. The fourth-order valence-corrected chi connectivity index (χ4v) is 3.22. The number of rotatable bonds is 8. The van der Waals surface area contributed by atoms with E-state index in [2.05, 4.69) is 23.9 Å². The minimum atomic E-state index is -3.59. The second kappa shape index (κ2) is 9.48. The van der Waals surface area contributed by atoms with Crippen LogP contribution < -0.4 is 10.0 Å². The van der Waals surface area contributed by atoms with Crippen LogP contribution in [0.3, 0.4) is 0 Å². The first-order chi connectivity index (χ1) is 12.7. The largest absolute Gasteiger partial charge is 0.326 e. The van der Waals surface area contributed by atoms with Crippen LogP contribution in [0.15, 0.2) is 53.9 Å². The molecule has 0 aliphatic carbocycles. The molecule has 0 heterocycles. The van der Waals surface area contributed by atoms with Gasteiger partial charge in [0.25, 0.3) is 0 Å². The van der Waals surface area contributed by atoms with Crippen LogP contribution >= 0.6 is 0 Å². The van der Waals surface area contributed by atoms with Crippen molar-refractivity contribution in [1.82, 2.24) is 4.72 Å². The Labute approximate surface area is 161 Å². The molecule has 5 nitrogen and oxygen atoms in total. The first-order valence-corrected chi connectivity index (χ1v) is 10.4. The molecule has 27 heavy (non-hydrogen) atoms. The summed E-state index contributed by atoms with van der Waals surface area (Å²) in [6.07, 6.45) is 1.59. The fraction of sp³-hybridized carbons (Fsp3) is 0.286. The van der Waals surface area contributed by atoms with Crippen molar-refractivity contribution in [2.75, 3.05) is 11.9 Å². The molecule has 0 fully saturated rings. The lowest BCUT2D eigenvalue weighted by Gasteiger charge is -2.09. The molecule has 0 atom stereocenters. The molecule has 2 rings (SSSR count). The number of amides is 1. The first kappa shape index (κ1) is 20.9. The van der Waals surface area contributed by atoms with E-state index in [-0.39, 0.29) is 18.9 Å². The summed E-state index contributed by atoms with van der Waals surface area (Å²) in [6, 6.07) is 15.2. The number of anilines is 1. The van der Waals surface area contributed by atoms with Crippen molar-refractivity contribution < 1.29 is 13.2 Å². The number of sulfonamides is 1. The predicted octanol–water partition coefficient (Wildman–Crippen LogP) is 4.04. The van der Waals surface area contributed by atoms with Crippen LogP contribution in [-0.2, 0) is 14.8 Å². The zero-order valence-electron chi connectivity index (χ0n) is 15.9. The van der Waals surface area contributed by atoms with Gasteiger partial charge in [-0.25, -0.2) is 13.1 Å². The SMILES string of the molecule is Cc1ccc(/C=C/S(=O)(=O)NCCC(=O)Nc2cccc(C(C)C)c2)cc1. The number of carbonyl (C=O) groups is 1. The summed E-state index contributed by atoms with van der Waals surface area (Å²) >= 11 is 0. The molecule has 0 saturated carbocycles. The summed E-state index contributed by atoms with van der Waals surface area (Å²) in [4.78, 5) is 12.0. The normalized spacial score (nSPS) is 11.9. The maximum Gasteiger partial charge on any atom is 0.233 e. The van der Waals surface area contributed by atoms with E-state index >= 15 is 0 Å². The van der Waals surface area contributed by atoms with Gasteiger partial charge in [0.1, 0.15) is 0 Å². The molecular formula is C21H26N2O3S. The highest BCUT2D eigenvalue weighted by molar-refractivity contribution is 7.92. The molecule has 0 bridgehead atoms. The minimum absolute atomic E-state index is 0.0380. The average molecular weight is 387 g/mol. The molecule has 2 aromatic rings. The summed E-state index contributed by atoms with van der Waals surface area (Å²) in [5.41, 5.74) is 3.76. The molecule has 2 N–H and O–H groups in total. The van der Waals surface area contributed by atoms with Gasteiger partial charge in [0.15, 0.2) is 0 Å². The zero-order chi connectivity index (χ0) is 19.9. The molecule has 0 aliphatic heterocycles. The zero-order valence-corrected chi connectivity index (χ0v) is 16.7. The Morgan fingerprint density at radius 1 is 1.11 bits per heavy atom. The highest BCUT2D eigenvalue weighted by Gasteiger charge is 2.08. The van der Waals surface area contributed by atoms with Gasteiger partial charge in [0.2, 0.25) is 15.9 Å². The monoisotopic (exact) mass is 386 g/mol. The Bertz CT molecular complexity index is 901. The molecule has 0 spiro atoms. The smallest absolute Gasteiger partial charge is 0.233 e. The number of aryl methyl sites for hydroxylation is 1. The van der Waals surface area contributed by atoms with Crippen molar-refractivity contribution in [3.05, 3.63) is 70.6 Å². The molecule has 0 aliphatic rings. The average Bonchev–Trinajstić information content (AvgIpc) is 2.61. The van der Waals surface area contributed by atoms with E-state index in [1.165, 1.54) is 6.08 Å². The summed E-state index contributed by atoms with van der Waals surface area (Å²) < 4.78 is 26.4. The van der Waals surface area contributed by atoms with E-state index in [1.54, 1.807) is 0 Å². The van der Waals surface area contributed by atoms with E-state index in [0.717, 1.165) is 22.1 Å². The van der Waals surface area contributed by atoms with Gasteiger partial charge in [-0.3, -0.25) is 4.79 Å². The molecule has 1 amide bonds. The summed E-state index contributed by atoms with van der Waals surface area (Å²) in [7, 11) is -3.59. The Morgan fingerprint density at radius 3 is 2.48 bits per heavy atom. The van der Waals surface area contributed by atoms with Crippen LogP contribution in [0.2, 0.25) is 0 Å². The van der Waals surface area contributed by atoms with Crippen molar-refractivity contribution in [3.63, 3.8) is 0 Å². The summed E-state index contributed by atoms with van der Waals surface area (Å²) in [6.45, 7) is 6.17. The molecule has 0 saturated heterocycles. The van der Waals surface area contributed by atoms with Crippen molar-refractivity contribution in [3.8, 4) is 0 Å². The van der Waals surface area contributed by atoms with Crippen molar-refractivity contribution in [1.29, 1.82) is 0 Å². The highest BCUT2D eigenvalue weighted by Crippen LogP contribution is 2.18. The Morgan fingerprint density at radius 2 is 1.81 bits per heavy atom. The Hall–Kier alpha value is -2.44. The minimum Gasteiger partial charge on any atom is -0.326 e. The molecule has 0 unspecified atom stereocenters. The van der Waals surface area contributed by atoms with Crippen molar-refractivity contribution >= 4 is 27.7 Å². The summed E-state index contributed by atoms with van der Waals surface area (Å²) in [5.74, 6) is 0.134. The lowest BCUT2D eigenvalue weighted by Crippen LogP contribution is -2.26. The van der Waals surface area contributed by atoms with Crippen LogP contribution in [-0.4, -0.2) is 20.9 Å². The molecule has 144 valence electrons. The molecule has 0 aromatic heterocycles. The van der Waals surface area contributed by atoms with Crippen LogP contribution in [0, 0.1) is 6.92 Å². The van der Waals surface area contributed by atoms with Gasteiger partial charge in [0, 0.05) is 24.1 Å². The maximum absolute atomic E-state index is 12.0. The number of benzene rings is 2. The number of carbonyl (C=O) groups excluding carboxylic acids is 1. The standard InChI is InChI=1S/C21H26N2O3S/c1-16(2)19-5-4-6-20(15-19)23-21(24)11-13-22-27(25,26)14-12-18-9-7-17(3)8-10-18/h4-10,12,14-16,22H,11,13H2,1-3H3,(H,23,24)/b14-12+. The maximum atomic E-state index is 12.0. The molecule has 2 aromatic carbocycles. The van der Waals surface area contributed by atoms with Crippen LogP contribution in [0.1, 0.15) is 42.9 Å². The van der Waals surface area contributed by atoms with E-state index in [9.17, 15) is 13.2 Å². The van der Waals surface area contributed by atoms with E-state index in [0.29, 0.717) is 11.6 Å². The number of hydrogen-bond acceptors (Lipinski definition) is 3. The van der Waals surface area contributed by atoms with E-state index in [1.807, 2.05) is 55.5 Å². The predicted molar refractivity (Wildman–Crippen MR) is 111 cm³/mol. The van der Waals surface area contributed by atoms with Crippen molar-refractivity contribution in [2.45, 2.75) is 33.1 Å². The van der Waals surface area contributed by atoms with E-state index in [4.69, 9.17) is 0 Å². The third-order valence-electron chi connectivity index (χ3n) is 4.01. The van der Waals surface area contributed by atoms with Crippen molar-refractivity contribution in [2.24, 2.45) is 0 Å². The first-order valence-electron chi connectivity index (χ1n) is 8.89. The van der Waals surface area contributed by atoms with Gasteiger partial charge in [-0.05, 0) is 42.2 Å².